The Morgan fingerprint density at radius 2 is 0.762 bits per heavy atom. The zero-order chi connectivity index (χ0) is 41.7. The third kappa shape index (κ3) is 6.38. The zero-order valence-corrected chi connectivity index (χ0v) is 34.4. The fraction of sp³-hybridized carbons (Fsp3) is 0. The first-order chi connectivity index (χ1) is 31.2. The molecule has 12 aromatic rings. The average Bonchev–Trinajstić information content (AvgIpc) is 3.90. The first kappa shape index (κ1) is 36.5. The number of aromatic nitrogens is 1. The van der Waals surface area contributed by atoms with E-state index in [1.165, 1.54) is 49.7 Å². The highest BCUT2D eigenvalue weighted by Gasteiger charge is 2.20. The van der Waals surface area contributed by atoms with E-state index in [9.17, 15) is 0 Å². The Balaban J connectivity index is 0.920. The third-order valence-electron chi connectivity index (χ3n) is 12.4. The predicted octanol–water partition coefficient (Wildman–Crippen LogP) is 16.8. The summed E-state index contributed by atoms with van der Waals surface area (Å²) in [4.78, 5) is 2.35. The first-order valence-electron chi connectivity index (χ1n) is 21.5. The molecule has 0 spiro atoms. The minimum Gasteiger partial charge on any atom is -0.456 e. The van der Waals surface area contributed by atoms with Gasteiger partial charge in [0.1, 0.15) is 11.2 Å². The zero-order valence-electron chi connectivity index (χ0n) is 34.4. The van der Waals surface area contributed by atoms with Crippen LogP contribution in [-0.2, 0) is 0 Å². The van der Waals surface area contributed by atoms with Crippen LogP contribution in [0.2, 0.25) is 0 Å². The van der Waals surface area contributed by atoms with E-state index in [-0.39, 0.29) is 0 Å². The van der Waals surface area contributed by atoms with E-state index in [1.54, 1.807) is 0 Å². The van der Waals surface area contributed by atoms with E-state index in [0.717, 1.165) is 61.3 Å². The summed E-state index contributed by atoms with van der Waals surface area (Å²) in [6.45, 7) is 0. The maximum atomic E-state index is 6.44. The summed E-state index contributed by atoms with van der Waals surface area (Å²) >= 11 is 0. The van der Waals surface area contributed by atoms with Crippen molar-refractivity contribution in [3.05, 3.63) is 243 Å². The molecule has 0 radical (unpaired) electrons. The van der Waals surface area contributed by atoms with Gasteiger partial charge in [0, 0.05) is 50.1 Å². The van der Waals surface area contributed by atoms with Gasteiger partial charge in [-0.05, 0) is 88.0 Å². The van der Waals surface area contributed by atoms with Gasteiger partial charge in [0.25, 0.3) is 0 Å². The minimum atomic E-state index is 0.861. The molecule has 0 amide bonds. The Morgan fingerprint density at radius 3 is 1.44 bits per heavy atom. The van der Waals surface area contributed by atoms with Crippen molar-refractivity contribution in [3.63, 3.8) is 0 Å². The molecule has 12 rings (SSSR count). The normalized spacial score (nSPS) is 11.5. The molecule has 0 atom stereocenters. The largest absolute Gasteiger partial charge is 0.456 e. The Bertz CT molecular complexity index is 3550. The predicted molar refractivity (Wildman–Crippen MR) is 264 cm³/mol. The van der Waals surface area contributed by atoms with Crippen molar-refractivity contribution in [2.45, 2.75) is 0 Å². The molecule has 0 saturated heterocycles. The Kier molecular flexibility index (Phi) is 8.83. The lowest BCUT2D eigenvalue weighted by Crippen LogP contribution is -2.11. The van der Waals surface area contributed by atoms with Crippen LogP contribution in [0.3, 0.4) is 0 Å². The van der Waals surface area contributed by atoms with Gasteiger partial charge in [0.2, 0.25) is 0 Å². The van der Waals surface area contributed by atoms with Crippen molar-refractivity contribution in [3.8, 4) is 50.2 Å². The lowest BCUT2D eigenvalue weighted by atomic mass is 9.97. The molecule has 296 valence electrons. The molecule has 0 bridgehead atoms. The van der Waals surface area contributed by atoms with Crippen LogP contribution in [0.4, 0.5) is 17.1 Å². The number of hydrogen-bond donors (Lipinski definition) is 0. The molecular weight excluding hydrogens is 765 g/mol. The Hall–Kier alpha value is -8.40. The topological polar surface area (TPSA) is 21.3 Å². The van der Waals surface area contributed by atoms with E-state index < -0.39 is 0 Å². The van der Waals surface area contributed by atoms with Crippen LogP contribution < -0.4 is 4.90 Å². The van der Waals surface area contributed by atoms with Crippen LogP contribution in [0.25, 0.3) is 93.9 Å². The van der Waals surface area contributed by atoms with E-state index in [4.69, 9.17) is 4.42 Å². The van der Waals surface area contributed by atoms with E-state index >= 15 is 0 Å². The van der Waals surface area contributed by atoms with Gasteiger partial charge in [-0.25, -0.2) is 0 Å². The van der Waals surface area contributed by atoms with Crippen LogP contribution >= 0.6 is 0 Å². The summed E-state index contributed by atoms with van der Waals surface area (Å²) in [5, 5.41) is 4.75. The van der Waals surface area contributed by atoms with E-state index in [0.29, 0.717) is 0 Å². The van der Waals surface area contributed by atoms with Crippen LogP contribution in [0.5, 0.6) is 0 Å². The number of rotatable bonds is 8. The van der Waals surface area contributed by atoms with Crippen molar-refractivity contribution in [1.29, 1.82) is 0 Å². The first-order valence-corrected chi connectivity index (χ1v) is 21.5. The van der Waals surface area contributed by atoms with E-state index in [2.05, 4.69) is 240 Å². The molecule has 63 heavy (non-hydrogen) atoms. The summed E-state index contributed by atoms with van der Waals surface area (Å²) in [6, 6.07) is 87.0. The fourth-order valence-electron chi connectivity index (χ4n) is 9.41. The van der Waals surface area contributed by atoms with Crippen molar-refractivity contribution in [2.24, 2.45) is 0 Å². The van der Waals surface area contributed by atoms with Crippen molar-refractivity contribution in [2.75, 3.05) is 4.90 Å². The van der Waals surface area contributed by atoms with Gasteiger partial charge in [-0.3, -0.25) is 0 Å². The van der Waals surface area contributed by atoms with Crippen molar-refractivity contribution < 1.29 is 4.42 Å². The number of nitrogens with zero attached hydrogens (tertiary/aromatic N) is 2. The monoisotopic (exact) mass is 804 g/mol. The number of furan rings is 1. The second-order valence-electron chi connectivity index (χ2n) is 16.1. The van der Waals surface area contributed by atoms with Crippen LogP contribution in [0.15, 0.2) is 247 Å². The molecule has 3 heteroatoms. The van der Waals surface area contributed by atoms with Crippen LogP contribution in [0, 0.1) is 0 Å². The molecule has 0 fully saturated rings. The number of hydrogen-bond acceptors (Lipinski definition) is 2. The maximum absolute atomic E-state index is 6.44. The van der Waals surface area contributed by atoms with E-state index in [1.807, 2.05) is 12.1 Å². The van der Waals surface area contributed by atoms with Crippen LogP contribution in [-0.4, -0.2) is 4.57 Å². The highest BCUT2D eigenvalue weighted by molar-refractivity contribution is 6.10. The van der Waals surface area contributed by atoms with Gasteiger partial charge in [-0.1, -0.05) is 182 Å². The average molecular weight is 805 g/mol. The SMILES string of the molecule is c1ccc(-c2ccc(-c3ccccc3N(c3ccc(-c4ccc(-c5ccccc5-n5c6ccccc6c6ccccc65)cc4)cc3)c3ccc4c(c3)oc3ccccc34)cc2)cc1. The van der Waals surface area contributed by atoms with Crippen molar-refractivity contribution in [1.82, 2.24) is 4.57 Å². The summed E-state index contributed by atoms with van der Waals surface area (Å²) < 4.78 is 8.85. The second kappa shape index (κ2) is 15.3. The molecule has 0 saturated carbocycles. The second-order valence-corrected chi connectivity index (χ2v) is 16.1. The molecule has 10 aromatic carbocycles. The fourth-order valence-corrected chi connectivity index (χ4v) is 9.41. The van der Waals surface area contributed by atoms with Gasteiger partial charge < -0.3 is 13.9 Å². The maximum Gasteiger partial charge on any atom is 0.137 e. The Labute approximate surface area is 366 Å². The summed E-state index contributed by atoms with van der Waals surface area (Å²) in [7, 11) is 0. The summed E-state index contributed by atoms with van der Waals surface area (Å²) in [5.41, 5.74) is 17.9. The highest BCUT2D eigenvalue weighted by Crippen LogP contribution is 2.44. The molecular formula is C60H40N2O. The number of para-hydroxylation sites is 5. The minimum absolute atomic E-state index is 0.861. The molecule has 0 unspecified atom stereocenters. The highest BCUT2D eigenvalue weighted by atomic mass is 16.3. The molecule has 3 nitrogen and oxygen atoms in total. The number of anilines is 3. The van der Waals surface area contributed by atoms with Gasteiger partial charge in [0.15, 0.2) is 0 Å². The van der Waals surface area contributed by atoms with Crippen LogP contribution in [0.1, 0.15) is 0 Å². The summed E-state index contributed by atoms with van der Waals surface area (Å²) in [5.74, 6) is 0. The third-order valence-corrected chi connectivity index (χ3v) is 12.4. The lowest BCUT2D eigenvalue weighted by molar-refractivity contribution is 0.669. The molecule has 0 N–H and O–H groups in total. The van der Waals surface area contributed by atoms with Gasteiger partial charge >= 0.3 is 0 Å². The lowest BCUT2D eigenvalue weighted by Gasteiger charge is -2.28. The van der Waals surface area contributed by atoms with Gasteiger partial charge in [0.05, 0.1) is 22.4 Å². The number of fused-ring (bicyclic) bond motifs is 6. The molecule has 0 aliphatic carbocycles. The Morgan fingerprint density at radius 1 is 0.302 bits per heavy atom. The smallest absolute Gasteiger partial charge is 0.137 e. The molecule has 0 aliphatic heterocycles. The summed E-state index contributed by atoms with van der Waals surface area (Å²) in [6.07, 6.45) is 0. The number of benzene rings is 10. The molecule has 0 aliphatic rings. The van der Waals surface area contributed by atoms with Gasteiger partial charge in [-0.15, -0.1) is 0 Å². The molecule has 2 heterocycles. The van der Waals surface area contributed by atoms with Gasteiger partial charge in [-0.2, -0.15) is 0 Å². The standard InChI is InChI=1S/C60H40N2O/c1-2-14-41(15-3-1)42-26-30-45(31-27-42)49-16-4-9-21-55(49)61(48-38-39-54-53-20-8-13-25-59(53)63-60(54)40-48)47-36-34-44(35-37-47)43-28-32-46(33-29-43)50-17-5-10-22-56(50)62-57-23-11-6-18-51(57)52-19-7-12-24-58(52)62/h1-40H. The molecule has 2 aromatic heterocycles. The quantitative estimate of drug-likeness (QED) is 0.153. The van der Waals surface area contributed by atoms with Crippen molar-refractivity contribution >= 4 is 60.8 Å².